The van der Waals surface area contributed by atoms with Gasteiger partial charge in [0, 0.05) is 31.2 Å². The van der Waals surface area contributed by atoms with Gasteiger partial charge < -0.3 is 15.1 Å². The molecule has 0 aliphatic rings. The summed E-state index contributed by atoms with van der Waals surface area (Å²) in [5.41, 5.74) is 2.57. The molecule has 0 aromatic heterocycles. The van der Waals surface area contributed by atoms with Crippen LogP contribution in [0.15, 0.2) is 22.7 Å². The molecule has 0 aliphatic carbocycles. The molecule has 0 saturated carbocycles. The Hall–Kier alpha value is -0.580. The zero-order valence-electron chi connectivity index (χ0n) is 13.4. The van der Waals surface area contributed by atoms with Crippen LogP contribution in [0.3, 0.4) is 0 Å². The Morgan fingerprint density at radius 3 is 2.40 bits per heavy atom. The molecule has 0 heterocycles. The smallest absolute Gasteiger partial charge is 0.0508 e. The highest BCUT2D eigenvalue weighted by atomic mass is 79.9. The van der Waals surface area contributed by atoms with Crippen LogP contribution >= 0.6 is 15.9 Å². The normalized spacial score (nSPS) is 11.4. The lowest BCUT2D eigenvalue weighted by Gasteiger charge is -2.23. The van der Waals surface area contributed by atoms with Crippen LogP contribution in [0.25, 0.3) is 0 Å². The van der Waals surface area contributed by atoms with Gasteiger partial charge in [-0.25, -0.2) is 0 Å². The van der Waals surface area contributed by atoms with E-state index in [1.165, 1.54) is 15.7 Å². The lowest BCUT2D eigenvalue weighted by Crippen LogP contribution is -2.28. The monoisotopic (exact) mass is 341 g/mol. The van der Waals surface area contributed by atoms with Gasteiger partial charge in [-0.1, -0.05) is 19.9 Å². The van der Waals surface area contributed by atoms with E-state index in [0.717, 1.165) is 26.2 Å². The van der Waals surface area contributed by atoms with Gasteiger partial charge >= 0.3 is 0 Å². The molecule has 0 fully saturated rings. The van der Waals surface area contributed by atoms with Gasteiger partial charge in [0.25, 0.3) is 0 Å². The minimum absolute atomic E-state index is 0.690. The first-order chi connectivity index (χ1) is 9.40. The number of nitrogens with one attached hydrogen (secondary N) is 1. The fraction of sp³-hybridized carbons (Fsp3) is 0.625. The zero-order valence-corrected chi connectivity index (χ0v) is 15.0. The van der Waals surface area contributed by atoms with E-state index < -0.39 is 0 Å². The number of likely N-dealkylation sites (N-methyl/N-ethyl adjacent to an activating group) is 2. The van der Waals surface area contributed by atoms with Crippen molar-refractivity contribution in [1.29, 1.82) is 0 Å². The standard InChI is InChI=1S/C16H28BrN3/c1-13(2)11-18-12-14-6-7-16(15(17)10-14)20(5)9-8-19(3)4/h6-7,10,13,18H,8-9,11-12H2,1-5H3. The van der Waals surface area contributed by atoms with Gasteiger partial charge in [-0.2, -0.15) is 0 Å². The first-order valence-corrected chi connectivity index (χ1v) is 8.04. The minimum atomic E-state index is 0.690. The van der Waals surface area contributed by atoms with Gasteiger partial charge in [-0.3, -0.25) is 0 Å². The van der Waals surface area contributed by atoms with Crippen LogP contribution in [-0.2, 0) is 6.54 Å². The molecule has 0 aliphatic heterocycles. The molecule has 1 aromatic carbocycles. The molecule has 0 spiro atoms. The number of anilines is 1. The van der Waals surface area contributed by atoms with Gasteiger partial charge in [-0.05, 0) is 60.2 Å². The Kier molecular flexibility index (Phi) is 7.56. The Bertz CT molecular complexity index is 405. The number of halogens is 1. The summed E-state index contributed by atoms with van der Waals surface area (Å²) in [5, 5.41) is 3.48. The first kappa shape index (κ1) is 17.5. The maximum Gasteiger partial charge on any atom is 0.0508 e. The molecule has 0 bridgehead atoms. The van der Waals surface area contributed by atoms with E-state index in [0.29, 0.717) is 5.92 Å². The number of hydrogen-bond donors (Lipinski definition) is 1. The topological polar surface area (TPSA) is 18.5 Å². The molecule has 0 amide bonds. The van der Waals surface area contributed by atoms with Gasteiger partial charge in [0.05, 0.1) is 5.69 Å². The quantitative estimate of drug-likeness (QED) is 0.783. The van der Waals surface area contributed by atoms with E-state index in [9.17, 15) is 0 Å². The number of rotatable bonds is 8. The molecular weight excluding hydrogens is 314 g/mol. The van der Waals surface area contributed by atoms with Crippen molar-refractivity contribution in [2.75, 3.05) is 45.7 Å². The summed E-state index contributed by atoms with van der Waals surface area (Å²) in [6.45, 7) is 8.52. The van der Waals surface area contributed by atoms with Crippen molar-refractivity contribution >= 4 is 21.6 Å². The lowest BCUT2D eigenvalue weighted by atomic mass is 10.1. The van der Waals surface area contributed by atoms with Crippen LogP contribution < -0.4 is 10.2 Å². The van der Waals surface area contributed by atoms with E-state index in [-0.39, 0.29) is 0 Å². The molecule has 0 atom stereocenters. The van der Waals surface area contributed by atoms with Crippen molar-refractivity contribution in [3.05, 3.63) is 28.2 Å². The summed E-state index contributed by atoms with van der Waals surface area (Å²) in [6.07, 6.45) is 0. The van der Waals surface area contributed by atoms with Crippen molar-refractivity contribution in [1.82, 2.24) is 10.2 Å². The highest BCUT2D eigenvalue weighted by Crippen LogP contribution is 2.26. The van der Waals surface area contributed by atoms with E-state index in [1.807, 2.05) is 0 Å². The average Bonchev–Trinajstić information content (AvgIpc) is 2.35. The maximum absolute atomic E-state index is 3.69. The average molecular weight is 342 g/mol. The third-order valence-electron chi connectivity index (χ3n) is 3.19. The predicted molar refractivity (Wildman–Crippen MR) is 92.5 cm³/mol. The van der Waals surface area contributed by atoms with Gasteiger partial charge in [-0.15, -0.1) is 0 Å². The molecule has 20 heavy (non-hydrogen) atoms. The van der Waals surface area contributed by atoms with Crippen LogP contribution in [0.1, 0.15) is 19.4 Å². The minimum Gasteiger partial charge on any atom is -0.372 e. The highest BCUT2D eigenvalue weighted by molar-refractivity contribution is 9.10. The molecule has 114 valence electrons. The molecule has 4 heteroatoms. The van der Waals surface area contributed by atoms with Crippen LogP contribution in [0.5, 0.6) is 0 Å². The summed E-state index contributed by atoms with van der Waals surface area (Å²) in [6, 6.07) is 6.63. The van der Waals surface area contributed by atoms with Crippen molar-refractivity contribution in [2.24, 2.45) is 5.92 Å². The largest absolute Gasteiger partial charge is 0.372 e. The Labute approximate surface area is 132 Å². The molecular formula is C16H28BrN3. The summed E-state index contributed by atoms with van der Waals surface area (Å²) < 4.78 is 1.17. The summed E-state index contributed by atoms with van der Waals surface area (Å²) in [4.78, 5) is 4.49. The third kappa shape index (κ3) is 6.25. The fourth-order valence-corrected chi connectivity index (χ4v) is 2.67. The zero-order chi connectivity index (χ0) is 15.1. The maximum atomic E-state index is 3.69. The SMILES string of the molecule is CC(C)CNCc1ccc(N(C)CCN(C)C)c(Br)c1. The lowest BCUT2D eigenvalue weighted by molar-refractivity contribution is 0.416. The van der Waals surface area contributed by atoms with Crippen LogP contribution in [0.4, 0.5) is 5.69 Å². The second kappa shape index (κ2) is 8.65. The molecule has 0 unspecified atom stereocenters. The Morgan fingerprint density at radius 1 is 1.15 bits per heavy atom. The molecule has 1 rings (SSSR count). The van der Waals surface area contributed by atoms with Crippen molar-refractivity contribution in [2.45, 2.75) is 20.4 Å². The summed E-state index contributed by atoms with van der Waals surface area (Å²) in [7, 11) is 6.35. The second-order valence-corrected chi connectivity index (χ2v) is 6.89. The molecule has 0 saturated heterocycles. The predicted octanol–water partition coefficient (Wildman–Crippen LogP) is 3.19. The van der Waals surface area contributed by atoms with Crippen LogP contribution in [0, 0.1) is 5.92 Å². The van der Waals surface area contributed by atoms with E-state index in [2.05, 4.69) is 84.2 Å². The van der Waals surface area contributed by atoms with E-state index in [1.54, 1.807) is 0 Å². The molecule has 1 N–H and O–H groups in total. The third-order valence-corrected chi connectivity index (χ3v) is 3.82. The van der Waals surface area contributed by atoms with Crippen molar-refractivity contribution in [3.63, 3.8) is 0 Å². The number of hydrogen-bond acceptors (Lipinski definition) is 3. The molecule has 0 radical (unpaired) electrons. The second-order valence-electron chi connectivity index (χ2n) is 6.04. The Morgan fingerprint density at radius 2 is 1.85 bits per heavy atom. The van der Waals surface area contributed by atoms with Crippen molar-refractivity contribution in [3.8, 4) is 0 Å². The summed E-state index contributed by atoms with van der Waals surface area (Å²) >= 11 is 3.69. The van der Waals surface area contributed by atoms with Gasteiger partial charge in [0.1, 0.15) is 0 Å². The number of nitrogens with zero attached hydrogens (tertiary/aromatic N) is 2. The molecule has 1 aromatic rings. The summed E-state index contributed by atoms with van der Waals surface area (Å²) in [5.74, 6) is 0.690. The van der Waals surface area contributed by atoms with E-state index in [4.69, 9.17) is 0 Å². The number of benzene rings is 1. The molecule has 3 nitrogen and oxygen atoms in total. The van der Waals surface area contributed by atoms with Crippen molar-refractivity contribution < 1.29 is 0 Å². The Balaban J connectivity index is 2.58. The van der Waals surface area contributed by atoms with E-state index >= 15 is 0 Å². The highest BCUT2D eigenvalue weighted by Gasteiger charge is 2.07. The van der Waals surface area contributed by atoms with Gasteiger partial charge in [0.2, 0.25) is 0 Å². The van der Waals surface area contributed by atoms with Gasteiger partial charge in [0.15, 0.2) is 0 Å². The first-order valence-electron chi connectivity index (χ1n) is 7.25. The fourth-order valence-electron chi connectivity index (χ4n) is 1.95. The van der Waals surface area contributed by atoms with Crippen LogP contribution in [0.2, 0.25) is 0 Å². The van der Waals surface area contributed by atoms with Crippen LogP contribution in [-0.4, -0.2) is 45.7 Å².